The van der Waals surface area contributed by atoms with Crippen LogP contribution >= 0.6 is 0 Å². The number of rotatable bonds is 1. The Bertz CT molecular complexity index is 685. The Morgan fingerprint density at radius 2 is 1.57 bits per heavy atom. The number of carbonyl (C=O) groups is 2. The number of benzene rings is 2. The van der Waals surface area contributed by atoms with Gasteiger partial charge in [0.05, 0.1) is 0 Å². The van der Waals surface area contributed by atoms with E-state index in [1.165, 1.54) is 15.7 Å². The Hall–Kier alpha value is -2.56. The van der Waals surface area contributed by atoms with Crippen molar-refractivity contribution in [1.29, 1.82) is 0 Å². The predicted molar refractivity (Wildman–Crippen MR) is 77.7 cm³/mol. The molecule has 1 fully saturated rings. The zero-order valence-electron chi connectivity index (χ0n) is 11.5. The average molecular weight is 283 g/mol. The minimum absolute atomic E-state index is 0.399. The highest BCUT2D eigenvalue weighted by molar-refractivity contribution is 6.30. The van der Waals surface area contributed by atoms with Crippen molar-refractivity contribution in [3.8, 4) is 0 Å². The van der Waals surface area contributed by atoms with E-state index in [2.05, 4.69) is 29.2 Å². The van der Waals surface area contributed by atoms with Gasteiger partial charge in [0.25, 0.3) is 5.91 Å². The van der Waals surface area contributed by atoms with Gasteiger partial charge in [0.2, 0.25) is 0 Å². The number of aliphatic carboxylic acids is 1. The zero-order valence-corrected chi connectivity index (χ0v) is 11.5. The standard InChI is InChI=1S/C16H16N2O3/c19-15(16(20)21)18-10-8-17(9-11-18)14-7-3-5-12-4-1-2-6-13(12)14/h1-7H,8-11H2,(H,20,21)/p-1. The van der Waals surface area contributed by atoms with Crippen LogP contribution in [0.1, 0.15) is 0 Å². The summed E-state index contributed by atoms with van der Waals surface area (Å²) < 4.78 is 0. The minimum atomic E-state index is -1.63. The number of carbonyl (C=O) groups excluding carboxylic acids is 2. The van der Waals surface area contributed by atoms with E-state index in [0.717, 1.165) is 5.69 Å². The second-order valence-corrected chi connectivity index (χ2v) is 5.06. The van der Waals surface area contributed by atoms with Crippen LogP contribution in [-0.4, -0.2) is 43.0 Å². The van der Waals surface area contributed by atoms with Gasteiger partial charge in [0, 0.05) is 37.3 Å². The topological polar surface area (TPSA) is 63.7 Å². The van der Waals surface area contributed by atoms with Crippen molar-refractivity contribution in [2.75, 3.05) is 31.1 Å². The molecule has 2 aromatic rings. The number of nitrogens with zero attached hydrogens (tertiary/aromatic N) is 2. The molecule has 0 bridgehead atoms. The third kappa shape index (κ3) is 2.54. The average Bonchev–Trinajstić information content (AvgIpc) is 2.53. The number of hydrogen-bond donors (Lipinski definition) is 0. The monoisotopic (exact) mass is 283 g/mol. The fourth-order valence-corrected chi connectivity index (χ4v) is 2.76. The number of fused-ring (bicyclic) bond motifs is 1. The number of anilines is 1. The summed E-state index contributed by atoms with van der Waals surface area (Å²) in [5.41, 5.74) is 1.12. The Morgan fingerprint density at radius 3 is 2.29 bits per heavy atom. The molecule has 5 nitrogen and oxygen atoms in total. The maximum atomic E-state index is 11.4. The van der Waals surface area contributed by atoms with E-state index in [1.54, 1.807) is 0 Å². The van der Waals surface area contributed by atoms with Gasteiger partial charge in [0.1, 0.15) is 5.97 Å². The van der Waals surface area contributed by atoms with Gasteiger partial charge in [0.15, 0.2) is 0 Å². The molecule has 0 saturated carbocycles. The van der Waals surface area contributed by atoms with Gasteiger partial charge in [-0.1, -0.05) is 36.4 Å². The smallest absolute Gasteiger partial charge is 0.269 e. The summed E-state index contributed by atoms with van der Waals surface area (Å²) in [6, 6.07) is 14.3. The molecule has 1 saturated heterocycles. The van der Waals surface area contributed by atoms with Crippen LogP contribution in [0.3, 0.4) is 0 Å². The predicted octanol–water partition coefficient (Wildman–Crippen LogP) is 0.238. The minimum Gasteiger partial charge on any atom is -0.540 e. The molecule has 0 atom stereocenters. The molecule has 1 heterocycles. The molecule has 0 radical (unpaired) electrons. The van der Waals surface area contributed by atoms with E-state index >= 15 is 0 Å². The summed E-state index contributed by atoms with van der Waals surface area (Å²) in [6.07, 6.45) is 0. The number of hydrogen-bond acceptors (Lipinski definition) is 4. The summed E-state index contributed by atoms with van der Waals surface area (Å²) in [7, 11) is 0. The molecular weight excluding hydrogens is 268 g/mol. The SMILES string of the molecule is O=C([O-])C(=O)N1CCN(c2cccc3ccccc23)CC1. The number of amides is 1. The first-order valence-electron chi connectivity index (χ1n) is 6.90. The van der Waals surface area contributed by atoms with Crippen LogP contribution < -0.4 is 10.0 Å². The quantitative estimate of drug-likeness (QED) is 0.703. The number of carboxylic acids is 1. The highest BCUT2D eigenvalue weighted by atomic mass is 16.4. The van der Waals surface area contributed by atoms with Crippen molar-refractivity contribution in [3.05, 3.63) is 42.5 Å². The first-order valence-corrected chi connectivity index (χ1v) is 6.90. The normalized spacial score (nSPS) is 15.2. The molecule has 0 aromatic heterocycles. The molecule has 108 valence electrons. The molecule has 21 heavy (non-hydrogen) atoms. The van der Waals surface area contributed by atoms with E-state index < -0.39 is 11.9 Å². The molecule has 1 amide bonds. The highest BCUT2D eigenvalue weighted by Gasteiger charge is 2.22. The first kappa shape index (κ1) is 13.4. The van der Waals surface area contributed by atoms with Crippen LogP contribution in [0.5, 0.6) is 0 Å². The van der Waals surface area contributed by atoms with Gasteiger partial charge in [-0.2, -0.15) is 0 Å². The lowest BCUT2D eigenvalue weighted by atomic mass is 10.1. The van der Waals surface area contributed by atoms with Crippen molar-refractivity contribution in [3.63, 3.8) is 0 Å². The van der Waals surface area contributed by atoms with Crippen LogP contribution in [0.2, 0.25) is 0 Å². The fraction of sp³-hybridized carbons (Fsp3) is 0.250. The lowest BCUT2D eigenvalue weighted by Gasteiger charge is -2.36. The van der Waals surface area contributed by atoms with Crippen molar-refractivity contribution in [2.45, 2.75) is 0 Å². The maximum Gasteiger partial charge on any atom is 0.269 e. The van der Waals surface area contributed by atoms with E-state index in [-0.39, 0.29) is 0 Å². The van der Waals surface area contributed by atoms with Crippen molar-refractivity contribution < 1.29 is 14.7 Å². The molecule has 0 unspecified atom stereocenters. The van der Waals surface area contributed by atoms with Crippen LogP contribution in [0.4, 0.5) is 5.69 Å². The molecule has 1 aliphatic heterocycles. The molecule has 5 heteroatoms. The van der Waals surface area contributed by atoms with E-state index in [1.807, 2.05) is 18.2 Å². The van der Waals surface area contributed by atoms with Gasteiger partial charge < -0.3 is 19.7 Å². The lowest BCUT2D eigenvalue weighted by molar-refractivity contribution is -0.301. The molecule has 0 spiro atoms. The largest absolute Gasteiger partial charge is 0.540 e. The van der Waals surface area contributed by atoms with Gasteiger partial charge in [-0.15, -0.1) is 0 Å². The summed E-state index contributed by atoms with van der Waals surface area (Å²) in [5.74, 6) is -2.55. The van der Waals surface area contributed by atoms with Crippen molar-refractivity contribution in [2.24, 2.45) is 0 Å². The Kier molecular flexibility index (Phi) is 3.48. The maximum absolute atomic E-state index is 11.4. The van der Waals surface area contributed by atoms with Gasteiger partial charge in [-0.25, -0.2) is 0 Å². The summed E-state index contributed by atoms with van der Waals surface area (Å²) in [6.45, 7) is 2.03. The third-order valence-electron chi connectivity index (χ3n) is 3.85. The second-order valence-electron chi connectivity index (χ2n) is 5.06. The lowest BCUT2D eigenvalue weighted by Crippen LogP contribution is -2.53. The van der Waals surface area contributed by atoms with E-state index in [0.29, 0.717) is 26.2 Å². The second kappa shape index (κ2) is 5.44. The van der Waals surface area contributed by atoms with Gasteiger partial charge in [-0.3, -0.25) is 4.79 Å². The Labute approximate surface area is 122 Å². The first-order chi connectivity index (χ1) is 10.2. The third-order valence-corrected chi connectivity index (χ3v) is 3.85. The summed E-state index contributed by atoms with van der Waals surface area (Å²) >= 11 is 0. The molecule has 1 aliphatic rings. The molecule has 0 aliphatic carbocycles. The van der Waals surface area contributed by atoms with E-state index in [9.17, 15) is 14.7 Å². The molecule has 0 N–H and O–H groups in total. The molecule has 3 rings (SSSR count). The fourth-order valence-electron chi connectivity index (χ4n) is 2.76. The number of piperazine rings is 1. The van der Waals surface area contributed by atoms with Gasteiger partial charge in [-0.05, 0) is 11.5 Å². The van der Waals surface area contributed by atoms with Crippen LogP contribution in [0, 0.1) is 0 Å². The zero-order chi connectivity index (χ0) is 14.8. The number of carboxylic acid groups (broad SMARTS) is 1. The van der Waals surface area contributed by atoms with Crippen LogP contribution in [0.25, 0.3) is 10.8 Å². The van der Waals surface area contributed by atoms with Crippen molar-refractivity contribution >= 4 is 28.3 Å². The van der Waals surface area contributed by atoms with Crippen LogP contribution in [0.15, 0.2) is 42.5 Å². The highest BCUT2D eigenvalue weighted by Crippen LogP contribution is 2.27. The van der Waals surface area contributed by atoms with Crippen molar-refractivity contribution in [1.82, 2.24) is 4.90 Å². The van der Waals surface area contributed by atoms with Crippen LogP contribution in [-0.2, 0) is 9.59 Å². The Balaban J connectivity index is 1.80. The molecular formula is C16H15N2O3-. The summed E-state index contributed by atoms with van der Waals surface area (Å²) in [5, 5.41) is 12.9. The van der Waals surface area contributed by atoms with Gasteiger partial charge >= 0.3 is 0 Å². The summed E-state index contributed by atoms with van der Waals surface area (Å²) in [4.78, 5) is 25.5. The van der Waals surface area contributed by atoms with E-state index in [4.69, 9.17) is 0 Å². The Morgan fingerprint density at radius 1 is 0.905 bits per heavy atom. The molecule has 2 aromatic carbocycles.